The van der Waals surface area contributed by atoms with Crippen LogP contribution in [0.25, 0.3) is 0 Å². The number of ether oxygens (including phenoxy) is 1. The molecule has 110 valence electrons. The fraction of sp³-hybridized carbons (Fsp3) is 0.368. The Hall–Kier alpha value is -1.64. The van der Waals surface area contributed by atoms with Crippen molar-refractivity contribution in [2.45, 2.75) is 24.9 Å². The Labute approximate surface area is 127 Å². The summed E-state index contributed by atoms with van der Waals surface area (Å²) < 4.78 is 5.80. The summed E-state index contributed by atoms with van der Waals surface area (Å²) in [5.41, 5.74) is 2.76. The van der Waals surface area contributed by atoms with E-state index in [1.54, 1.807) is 0 Å². The molecule has 21 heavy (non-hydrogen) atoms. The topological polar surface area (TPSA) is 12.5 Å². The Kier molecular flexibility index (Phi) is 4.69. The highest BCUT2D eigenvalue weighted by Crippen LogP contribution is 2.34. The maximum Gasteiger partial charge on any atom is 0.0484 e. The molecule has 0 aliphatic carbocycles. The lowest BCUT2D eigenvalue weighted by atomic mass is 9.95. The Morgan fingerprint density at radius 3 is 1.62 bits per heavy atom. The van der Waals surface area contributed by atoms with E-state index in [-0.39, 0.29) is 0 Å². The lowest BCUT2D eigenvalue weighted by Gasteiger charge is -2.37. The number of hydrogen-bond donors (Lipinski definition) is 0. The van der Waals surface area contributed by atoms with E-state index in [0.29, 0.717) is 12.1 Å². The van der Waals surface area contributed by atoms with Gasteiger partial charge in [-0.2, -0.15) is 0 Å². The van der Waals surface area contributed by atoms with Crippen LogP contribution in [-0.2, 0) is 4.74 Å². The van der Waals surface area contributed by atoms with E-state index in [4.69, 9.17) is 4.74 Å². The van der Waals surface area contributed by atoms with Crippen molar-refractivity contribution in [2.24, 2.45) is 0 Å². The van der Waals surface area contributed by atoms with E-state index in [9.17, 15) is 0 Å². The molecule has 1 fully saturated rings. The molecule has 0 saturated carbocycles. The molecule has 1 heterocycles. The summed E-state index contributed by atoms with van der Waals surface area (Å²) in [4.78, 5) is 2.52. The second-order valence-electron chi connectivity index (χ2n) is 5.71. The largest absolute Gasteiger partial charge is 0.381 e. The predicted molar refractivity (Wildman–Crippen MR) is 86.2 cm³/mol. The summed E-state index contributed by atoms with van der Waals surface area (Å²) >= 11 is 0. The third kappa shape index (κ3) is 3.34. The van der Waals surface area contributed by atoms with Crippen molar-refractivity contribution in [3.63, 3.8) is 0 Å². The average molecular weight is 281 g/mol. The third-order valence-electron chi connectivity index (χ3n) is 4.42. The molecule has 2 nitrogen and oxygen atoms in total. The zero-order valence-corrected chi connectivity index (χ0v) is 12.6. The number of benzene rings is 2. The smallest absolute Gasteiger partial charge is 0.0484 e. The highest BCUT2D eigenvalue weighted by atomic mass is 16.5. The molecule has 0 N–H and O–H groups in total. The first-order valence-electron chi connectivity index (χ1n) is 7.76. The second kappa shape index (κ2) is 6.88. The van der Waals surface area contributed by atoms with Gasteiger partial charge in [0.15, 0.2) is 0 Å². The molecule has 0 spiro atoms. The van der Waals surface area contributed by atoms with Gasteiger partial charge in [0.05, 0.1) is 0 Å². The molecule has 2 unspecified atom stereocenters. The summed E-state index contributed by atoms with van der Waals surface area (Å²) in [5.74, 6) is 0. The van der Waals surface area contributed by atoms with Gasteiger partial charge in [-0.15, -0.1) is 0 Å². The lowest BCUT2D eigenvalue weighted by molar-refractivity contribution is 0.0392. The molecule has 1 saturated heterocycles. The molecule has 0 bridgehead atoms. The highest BCUT2D eigenvalue weighted by molar-refractivity contribution is 5.23. The van der Waals surface area contributed by atoms with Gasteiger partial charge in [0.1, 0.15) is 0 Å². The van der Waals surface area contributed by atoms with Crippen LogP contribution in [0.1, 0.15) is 36.1 Å². The van der Waals surface area contributed by atoms with Crippen molar-refractivity contribution < 1.29 is 4.74 Å². The van der Waals surface area contributed by atoms with E-state index in [1.165, 1.54) is 11.1 Å². The van der Waals surface area contributed by atoms with Crippen LogP contribution in [0.15, 0.2) is 60.7 Å². The summed E-state index contributed by atoms with van der Waals surface area (Å²) in [6, 6.07) is 22.4. The van der Waals surface area contributed by atoms with Gasteiger partial charge in [0, 0.05) is 25.3 Å². The van der Waals surface area contributed by atoms with Crippen molar-refractivity contribution in [1.82, 2.24) is 4.90 Å². The van der Waals surface area contributed by atoms with Crippen LogP contribution >= 0.6 is 0 Å². The quantitative estimate of drug-likeness (QED) is 0.817. The number of rotatable bonds is 2. The minimum absolute atomic E-state index is 0.414. The highest BCUT2D eigenvalue weighted by Gasteiger charge is 2.26. The molecular formula is C19H23NO. The van der Waals surface area contributed by atoms with Crippen LogP contribution in [0.3, 0.4) is 0 Å². The van der Waals surface area contributed by atoms with Crippen LogP contribution in [0, 0.1) is 0 Å². The fourth-order valence-corrected chi connectivity index (χ4v) is 3.27. The number of nitrogens with zero attached hydrogens (tertiary/aromatic N) is 1. The zero-order chi connectivity index (χ0) is 14.5. The summed E-state index contributed by atoms with van der Waals surface area (Å²) in [6.45, 7) is 1.68. The van der Waals surface area contributed by atoms with Gasteiger partial charge >= 0.3 is 0 Å². The molecule has 3 rings (SSSR count). The SMILES string of the molecule is CN1C(c2ccccc2)CCOCCC1c1ccccc1. The van der Waals surface area contributed by atoms with Crippen LogP contribution in [-0.4, -0.2) is 25.2 Å². The third-order valence-corrected chi connectivity index (χ3v) is 4.42. The van der Waals surface area contributed by atoms with Crippen molar-refractivity contribution in [3.05, 3.63) is 71.8 Å². The first-order chi connectivity index (χ1) is 10.4. The maximum atomic E-state index is 5.80. The van der Waals surface area contributed by atoms with Gasteiger partial charge < -0.3 is 4.74 Å². The van der Waals surface area contributed by atoms with Crippen LogP contribution in [0.4, 0.5) is 0 Å². The standard InChI is InChI=1S/C19H23NO/c1-20-18(16-8-4-2-5-9-16)12-14-21-15-13-19(20)17-10-6-3-7-11-17/h2-11,18-19H,12-15H2,1H3. The molecular weight excluding hydrogens is 258 g/mol. The lowest BCUT2D eigenvalue weighted by Crippen LogP contribution is -2.33. The van der Waals surface area contributed by atoms with Gasteiger partial charge in [-0.3, -0.25) is 4.90 Å². The summed E-state index contributed by atoms with van der Waals surface area (Å²) in [6.07, 6.45) is 2.09. The van der Waals surface area contributed by atoms with E-state index in [2.05, 4.69) is 72.6 Å². The summed E-state index contributed by atoms with van der Waals surface area (Å²) in [5, 5.41) is 0. The van der Waals surface area contributed by atoms with Crippen LogP contribution in [0.2, 0.25) is 0 Å². The molecule has 2 aromatic rings. The summed E-state index contributed by atoms with van der Waals surface area (Å²) in [7, 11) is 2.25. The van der Waals surface area contributed by atoms with Gasteiger partial charge in [0.25, 0.3) is 0 Å². The monoisotopic (exact) mass is 281 g/mol. The molecule has 0 aromatic heterocycles. The molecule has 1 aliphatic heterocycles. The predicted octanol–water partition coefficient (Wildman–Crippen LogP) is 4.21. The average Bonchev–Trinajstić information content (AvgIpc) is 2.53. The van der Waals surface area contributed by atoms with E-state index in [1.807, 2.05) is 0 Å². The first-order valence-corrected chi connectivity index (χ1v) is 7.76. The van der Waals surface area contributed by atoms with Crippen molar-refractivity contribution in [1.29, 1.82) is 0 Å². The minimum atomic E-state index is 0.414. The van der Waals surface area contributed by atoms with E-state index in [0.717, 1.165) is 26.1 Å². The zero-order valence-electron chi connectivity index (χ0n) is 12.6. The van der Waals surface area contributed by atoms with Gasteiger partial charge in [-0.1, -0.05) is 60.7 Å². The van der Waals surface area contributed by atoms with Crippen molar-refractivity contribution in [2.75, 3.05) is 20.3 Å². The molecule has 2 heteroatoms. The minimum Gasteiger partial charge on any atom is -0.381 e. The maximum absolute atomic E-state index is 5.80. The van der Waals surface area contributed by atoms with Gasteiger partial charge in [-0.05, 0) is 31.0 Å². The fourth-order valence-electron chi connectivity index (χ4n) is 3.27. The molecule has 0 amide bonds. The number of hydrogen-bond acceptors (Lipinski definition) is 2. The Morgan fingerprint density at radius 1 is 0.762 bits per heavy atom. The van der Waals surface area contributed by atoms with Crippen LogP contribution < -0.4 is 0 Å². The van der Waals surface area contributed by atoms with Crippen LogP contribution in [0.5, 0.6) is 0 Å². The Bertz CT molecular complexity index is 491. The van der Waals surface area contributed by atoms with Gasteiger partial charge in [-0.25, -0.2) is 0 Å². The Balaban J connectivity index is 1.89. The molecule has 2 atom stereocenters. The Morgan fingerprint density at radius 2 is 1.19 bits per heavy atom. The van der Waals surface area contributed by atoms with Gasteiger partial charge in [0.2, 0.25) is 0 Å². The normalized spacial score (nSPS) is 24.2. The second-order valence-corrected chi connectivity index (χ2v) is 5.71. The molecule has 2 aromatic carbocycles. The molecule has 0 radical (unpaired) electrons. The van der Waals surface area contributed by atoms with E-state index >= 15 is 0 Å². The first kappa shape index (κ1) is 14.3. The van der Waals surface area contributed by atoms with Crippen molar-refractivity contribution in [3.8, 4) is 0 Å². The van der Waals surface area contributed by atoms with Crippen molar-refractivity contribution >= 4 is 0 Å². The van der Waals surface area contributed by atoms with E-state index < -0.39 is 0 Å². The molecule has 1 aliphatic rings.